The second-order valence-electron chi connectivity index (χ2n) is 3.78. The number of anilines is 1. The second-order valence-corrected chi connectivity index (χ2v) is 3.78. The van der Waals surface area contributed by atoms with E-state index in [1.165, 1.54) is 0 Å². The summed E-state index contributed by atoms with van der Waals surface area (Å²) in [6, 6.07) is 3.96. The van der Waals surface area contributed by atoms with E-state index in [4.69, 9.17) is 4.74 Å². The first-order chi connectivity index (χ1) is 7.78. The van der Waals surface area contributed by atoms with Crippen LogP contribution < -0.4 is 15.4 Å². The van der Waals surface area contributed by atoms with Gasteiger partial charge in [0.05, 0.1) is 13.7 Å². The standard InChI is InChI=1S/C11H15N3O2/c1-16-11-6-9(4-5-12-11)13-7-10(15)14-8-2-3-8/h4-6,8H,2-3,7H2,1H3,(H,12,13)(H,14,15). The van der Waals surface area contributed by atoms with Gasteiger partial charge in [0.1, 0.15) is 0 Å². The number of rotatable bonds is 5. The van der Waals surface area contributed by atoms with Crippen molar-refractivity contribution in [2.24, 2.45) is 0 Å². The molecule has 0 aliphatic heterocycles. The number of methoxy groups -OCH3 is 1. The Balaban J connectivity index is 1.80. The first-order valence-corrected chi connectivity index (χ1v) is 5.31. The van der Waals surface area contributed by atoms with Gasteiger partial charge in [-0.25, -0.2) is 4.98 Å². The molecule has 5 nitrogen and oxygen atoms in total. The van der Waals surface area contributed by atoms with Crippen LogP contribution in [0.4, 0.5) is 5.69 Å². The highest BCUT2D eigenvalue weighted by atomic mass is 16.5. The Morgan fingerprint density at radius 2 is 2.44 bits per heavy atom. The predicted octanol–water partition coefficient (Wildman–Crippen LogP) is 0.781. The molecule has 1 fully saturated rings. The third-order valence-corrected chi connectivity index (χ3v) is 2.34. The summed E-state index contributed by atoms with van der Waals surface area (Å²) in [6.45, 7) is 0.281. The van der Waals surface area contributed by atoms with Crippen LogP contribution >= 0.6 is 0 Å². The lowest BCUT2D eigenvalue weighted by Gasteiger charge is -2.07. The average Bonchev–Trinajstić information content (AvgIpc) is 3.10. The third-order valence-electron chi connectivity index (χ3n) is 2.34. The van der Waals surface area contributed by atoms with E-state index in [9.17, 15) is 4.79 Å². The fourth-order valence-corrected chi connectivity index (χ4v) is 1.32. The van der Waals surface area contributed by atoms with E-state index >= 15 is 0 Å². The lowest BCUT2D eigenvalue weighted by Crippen LogP contribution is -2.31. The monoisotopic (exact) mass is 221 g/mol. The predicted molar refractivity (Wildman–Crippen MR) is 60.4 cm³/mol. The van der Waals surface area contributed by atoms with Crippen LogP contribution in [0.25, 0.3) is 0 Å². The van der Waals surface area contributed by atoms with Crippen molar-refractivity contribution >= 4 is 11.6 Å². The first-order valence-electron chi connectivity index (χ1n) is 5.31. The highest BCUT2D eigenvalue weighted by Gasteiger charge is 2.22. The van der Waals surface area contributed by atoms with E-state index in [0.717, 1.165) is 18.5 Å². The van der Waals surface area contributed by atoms with Gasteiger partial charge < -0.3 is 15.4 Å². The third kappa shape index (κ3) is 3.12. The maximum absolute atomic E-state index is 11.4. The van der Waals surface area contributed by atoms with Crippen molar-refractivity contribution in [3.8, 4) is 5.88 Å². The molecule has 1 aliphatic rings. The fourth-order valence-electron chi connectivity index (χ4n) is 1.32. The number of ether oxygens (including phenoxy) is 1. The molecular weight excluding hydrogens is 206 g/mol. The van der Waals surface area contributed by atoms with Crippen molar-refractivity contribution in [1.29, 1.82) is 0 Å². The minimum Gasteiger partial charge on any atom is -0.481 e. The van der Waals surface area contributed by atoms with E-state index in [2.05, 4.69) is 15.6 Å². The van der Waals surface area contributed by atoms with Crippen LogP contribution in [0.15, 0.2) is 18.3 Å². The number of carbonyl (C=O) groups excluding carboxylic acids is 1. The molecular formula is C11H15N3O2. The van der Waals surface area contributed by atoms with E-state index in [1.807, 2.05) is 0 Å². The number of pyridine rings is 1. The summed E-state index contributed by atoms with van der Waals surface area (Å²) in [7, 11) is 1.56. The molecule has 1 aliphatic carbocycles. The topological polar surface area (TPSA) is 63.2 Å². The summed E-state index contributed by atoms with van der Waals surface area (Å²) in [5.41, 5.74) is 0.831. The van der Waals surface area contributed by atoms with Crippen LogP contribution in [-0.4, -0.2) is 30.6 Å². The molecule has 1 aromatic heterocycles. The normalized spacial score (nSPS) is 14.3. The zero-order chi connectivity index (χ0) is 11.4. The number of nitrogens with zero attached hydrogens (tertiary/aromatic N) is 1. The smallest absolute Gasteiger partial charge is 0.239 e. The van der Waals surface area contributed by atoms with Crippen LogP contribution in [0.1, 0.15) is 12.8 Å². The zero-order valence-electron chi connectivity index (χ0n) is 9.19. The Morgan fingerprint density at radius 3 is 3.12 bits per heavy atom. The van der Waals surface area contributed by atoms with Crippen LogP contribution in [0, 0.1) is 0 Å². The van der Waals surface area contributed by atoms with Crippen molar-refractivity contribution in [3.05, 3.63) is 18.3 Å². The molecule has 86 valence electrons. The summed E-state index contributed by atoms with van der Waals surface area (Å²) in [5, 5.41) is 5.92. The van der Waals surface area contributed by atoms with Gasteiger partial charge in [0.15, 0.2) is 0 Å². The van der Waals surface area contributed by atoms with Crippen LogP contribution in [0.2, 0.25) is 0 Å². The van der Waals surface area contributed by atoms with Crippen molar-refractivity contribution < 1.29 is 9.53 Å². The van der Waals surface area contributed by atoms with Crippen molar-refractivity contribution in [2.75, 3.05) is 19.0 Å². The molecule has 5 heteroatoms. The van der Waals surface area contributed by atoms with Crippen molar-refractivity contribution in [3.63, 3.8) is 0 Å². The molecule has 0 atom stereocenters. The number of carbonyl (C=O) groups is 1. The van der Waals surface area contributed by atoms with E-state index < -0.39 is 0 Å². The summed E-state index contributed by atoms with van der Waals surface area (Å²) < 4.78 is 4.98. The van der Waals surface area contributed by atoms with Crippen LogP contribution in [-0.2, 0) is 4.79 Å². The summed E-state index contributed by atoms with van der Waals surface area (Å²) >= 11 is 0. The lowest BCUT2D eigenvalue weighted by molar-refractivity contribution is -0.119. The molecule has 0 saturated heterocycles. The molecule has 2 rings (SSSR count). The first kappa shape index (κ1) is 10.7. The molecule has 0 bridgehead atoms. The molecule has 0 spiro atoms. The molecule has 0 unspecified atom stereocenters. The largest absolute Gasteiger partial charge is 0.481 e. The van der Waals surface area contributed by atoms with Crippen LogP contribution in [0.3, 0.4) is 0 Å². The Bertz CT molecular complexity index is 377. The molecule has 0 aromatic carbocycles. The molecule has 2 N–H and O–H groups in total. The van der Waals surface area contributed by atoms with Gasteiger partial charge in [-0.15, -0.1) is 0 Å². The van der Waals surface area contributed by atoms with Gasteiger partial charge in [-0.1, -0.05) is 0 Å². The average molecular weight is 221 g/mol. The molecule has 1 amide bonds. The molecule has 1 heterocycles. The molecule has 1 aromatic rings. The Labute approximate surface area is 94.2 Å². The minimum absolute atomic E-state index is 0.0262. The zero-order valence-corrected chi connectivity index (χ0v) is 9.19. The SMILES string of the molecule is COc1cc(NCC(=O)NC2CC2)ccn1. The molecule has 1 saturated carbocycles. The van der Waals surface area contributed by atoms with Gasteiger partial charge in [-0.05, 0) is 18.9 Å². The van der Waals surface area contributed by atoms with Gasteiger partial charge in [0.2, 0.25) is 11.8 Å². The Kier molecular flexibility index (Phi) is 3.24. The second kappa shape index (κ2) is 4.83. The summed E-state index contributed by atoms with van der Waals surface area (Å²) in [4.78, 5) is 15.4. The van der Waals surface area contributed by atoms with E-state index in [0.29, 0.717) is 11.9 Å². The summed E-state index contributed by atoms with van der Waals surface area (Å²) in [5.74, 6) is 0.561. The molecule has 0 radical (unpaired) electrons. The van der Waals surface area contributed by atoms with Gasteiger partial charge in [-0.2, -0.15) is 0 Å². The van der Waals surface area contributed by atoms with Crippen LogP contribution in [0.5, 0.6) is 5.88 Å². The van der Waals surface area contributed by atoms with Gasteiger partial charge >= 0.3 is 0 Å². The number of hydrogen-bond donors (Lipinski definition) is 2. The maximum atomic E-state index is 11.4. The number of hydrogen-bond acceptors (Lipinski definition) is 4. The minimum atomic E-state index is 0.0262. The van der Waals surface area contributed by atoms with E-state index in [1.54, 1.807) is 25.4 Å². The van der Waals surface area contributed by atoms with Gasteiger partial charge in [-0.3, -0.25) is 4.79 Å². The van der Waals surface area contributed by atoms with Crippen molar-refractivity contribution in [1.82, 2.24) is 10.3 Å². The van der Waals surface area contributed by atoms with Crippen molar-refractivity contribution in [2.45, 2.75) is 18.9 Å². The highest BCUT2D eigenvalue weighted by molar-refractivity contribution is 5.81. The maximum Gasteiger partial charge on any atom is 0.239 e. The lowest BCUT2D eigenvalue weighted by atomic mass is 10.4. The quantitative estimate of drug-likeness (QED) is 0.771. The number of amides is 1. The number of aromatic nitrogens is 1. The highest BCUT2D eigenvalue weighted by Crippen LogP contribution is 2.18. The number of nitrogens with one attached hydrogen (secondary N) is 2. The van der Waals surface area contributed by atoms with E-state index in [-0.39, 0.29) is 12.5 Å². The summed E-state index contributed by atoms with van der Waals surface area (Å²) in [6.07, 6.45) is 3.85. The molecule has 16 heavy (non-hydrogen) atoms. The Hall–Kier alpha value is -1.78. The fraction of sp³-hybridized carbons (Fsp3) is 0.455. The van der Waals surface area contributed by atoms with Gasteiger partial charge in [0, 0.05) is 24.0 Å². The van der Waals surface area contributed by atoms with Gasteiger partial charge in [0.25, 0.3) is 0 Å². The Morgan fingerprint density at radius 1 is 1.62 bits per heavy atom.